The molecule has 0 N–H and O–H groups in total. The smallest absolute Gasteiger partial charge is 0.281 e. The molecule has 0 saturated carbocycles. The van der Waals surface area contributed by atoms with Crippen molar-refractivity contribution in [3.63, 3.8) is 0 Å². The van der Waals surface area contributed by atoms with Crippen molar-refractivity contribution in [2.24, 2.45) is 18.9 Å². The van der Waals surface area contributed by atoms with Gasteiger partial charge in [0.2, 0.25) is 5.95 Å². The number of nitrogens with zero attached hydrogens (tertiary/aromatic N) is 5. The number of hydrogen-bond acceptors (Lipinski definition) is 4. The van der Waals surface area contributed by atoms with E-state index in [1.807, 2.05) is 18.2 Å². The summed E-state index contributed by atoms with van der Waals surface area (Å²) in [6, 6.07) is 8.18. The van der Waals surface area contributed by atoms with E-state index in [1.54, 1.807) is 8.61 Å². The summed E-state index contributed by atoms with van der Waals surface area (Å²) in [5, 5.41) is 0. The minimum Gasteiger partial charge on any atom is -0.342 e. The van der Waals surface area contributed by atoms with Crippen molar-refractivity contribution in [1.29, 1.82) is 0 Å². The monoisotopic (exact) mass is 375 g/mol. The second kappa shape index (κ2) is 5.94. The number of fused-ring (bicyclic) bond motifs is 2. The van der Waals surface area contributed by atoms with Crippen LogP contribution in [0.2, 0.25) is 0 Å². The van der Waals surface area contributed by atoms with Crippen molar-refractivity contribution >= 4 is 27.2 Å². The number of aromatic nitrogens is 2. The topological polar surface area (TPSA) is 61.7 Å². The average Bonchev–Trinajstić information content (AvgIpc) is 3.38. The van der Waals surface area contributed by atoms with E-state index in [0.717, 1.165) is 42.9 Å². The summed E-state index contributed by atoms with van der Waals surface area (Å²) in [6.45, 7) is 4.41. The molecule has 0 amide bonds. The van der Waals surface area contributed by atoms with Crippen LogP contribution in [0.15, 0.2) is 24.3 Å². The zero-order chi connectivity index (χ0) is 17.9. The normalized spacial score (nSPS) is 27.7. The summed E-state index contributed by atoms with van der Waals surface area (Å²) in [6.07, 6.45) is 1.97. The third-order valence-corrected chi connectivity index (χ3v) is 8.19. The first kappa shape index (κ1) is 16.5. The molecular formula is C18H25N5O2S. The fourth-order valence-corrected chi connectivity index (χ4v) is 6.61. The minimum atomic E-state index is -3.26. The molecule has 1 aromatic heterocycles. The minimum absolute atomic E-state index is 0.396. The molecule has 0 spiro atoms. The molecule has 26 heavy (non-hydrogen) atoms. The Hall–Kier alpha value is -1.64. The van der Waals surface area contributed by atoms with Crippen LogP contribution in [0.1, 0.15) is 12.8 Å². The van der Waals surface area contributed by atoms with Crippen LogP contribution in [0.25, 0.3) is 11.0 Å². The first-order valence-electron chi connectivity index (χ1n) is 9.45. The first-order valence-corrected chi connectivity index (χ1v) is 10.9. The summed E-state index contributed by atoms with van der Waals surface area (Å²) < 4.78 is 31.2. The summed E-state index contributed by atoms with van der Waals surface area (Å²) in [5.74, 6) is 1.79. The molecule has 0 radical (unpaired) electrons. The van der Waals surface area contributed by atoms with Gasteiger partial charge >= 0.3 is 0 Å². The highest BCUT2D eigenvalue weighted by molar-refractivity contribution is 7.86. The lowest BCUT2D eigenvalue weighted by Gasteiger charge is -2.25. The summed E-state index contributed by atoms with van der Waals surface area (Å²) in [4.78, 5) is 7.13. The molecule has 2 aromatic rings. The third-order valence-electron chi connectivity index (χ3n) is 6.22. The van der Waals surface area contributed by atoms with Crippen molar-refractivity contribution in [2.45, 2.75) is 12.8 Å². The van der Waals surface area contributed by atoms with E-state index in [9.17, 15) is 8.42 Å². The van der Waals surface area contributed by atoms with Gasteiger partial charge in [0.05, 0.1) is 11.0 Å². The first-order chi connectivity index (χ1) is 12.5. The summed E-state index contributed by atoms with van der Waals surface area (Å²) in [7, 11) is -1.21. The number of rotatable bonds is 3. The molecule has 0 aliphatic carbocycles. The van der Waals surface area contributed by atoms with Gasteiger partial charge in [-0.1, -0.05) is 12.1 Å². The molecule has 3 aliphatic rings. The van der Waals surface area contributed by atoms with Gasteiger partial charge in [0, 0.05) is 46.3 Å². The molecule has 3 fully saturated rings. The van der Waals surface area contributed by atoms with Crippen LogP contribution < -0.4 is 4.90 Å². The Labute approximate surface area is 154 Å². The number of para-hydroxylation sites is 2. The van der Waals surface area contributed by atoms with Crippen molar-refractivity contribution in [3.05, 3.63) is 24.3 Å². The van der Waals surface area contributed by atoms with E-state index in [4.69, 9.17) is 4.98 Å². The van der Waals surface area contributed by atoms with E-state index in [-0.39, 0.29) is 0 Å². The van der Waals surface area contributed by atoms with Crippen molar-refractivity contribution in [2.75, 3.05) is 44.2 Å². The van der Waals surface area contributed by atoms with Crippen LogP contribution in [0.4, 0.5) is 5.95 Å². The molecule has 4 heterocycles. The van der Waals surface area contributed by atoms with Crippen LogP contribution in [0, 0.1) is 11.8 Å². The average molecular weight is 375 g/mol. The number of benzene rings is 1. The van der Waals surface area contributed by atoms with E-state index in [0.29, 0.717) is 38.0 Å². The van der Waals surface area contributed by atoms with Gasteiger partial charge in [-0.05, 0) is 36.8 Å². The predicted molar refractivity (Wildman–Crippen MR) is 101 cm³/mol. The number of imidazole rings is 1. The van der Waals surface area contributed by atoms with E-state index in [1.165, 1.54) is 0 Å². The highest BCUT2D eigenvalue weighted by atomic mass is 32.2. The summed E-state index contributed by atoms with van der Waals surface area (Å²) >= 11 is 0. The molecule has 1 aromatic carbocycles. The summed E-state index contributed by atoms with van der Waals surface area (Å²) in [5.41, 5.74) is 2.15. The Morgan fingerprint density at radius 2 is 1.62 bits per heavy atom. The SMILES string of the molecule is Cn1c(N2CC3CN(S(=O)(=O)N4CCCC4)CC3C2)nc2ccccc21. The zero-order valence-corrected chi connectivity index (χ0v) is 15.9. The molecule has 2 unspecified atom stereocenters. The van der Waals surface area contributed by atoms with Gasteiger partial charge in [0.15, 0.2) is 0 Å². The quantitative estimate of drug-likeness (QED) is 0.811. The lowest BCUT2D eigenvalue weighted by atomic mass is 10.0. The molecule has 3 saturated heterocycles. The van der Waals surface area contributed by atoms with Crippen molar-refractivity contribution < 1.29 is 8.42 Å². The molecule has 5 rings (SSSR count). The van der Waals surface area contributed by atoms with Crippen LogP contribution >= 0.6 is 0 Å². The maximum absolute atomic E-state index is 12.8. The van der Waals surface area contributed by atoms with E-state index in [2.05, 4.69) is 22.6 Å². The van der Waals surface area contributed by atoms with Crippen molar-refractivity contribution in [1.82, 2.24) is 18.2 Å². The molecule has 2 atom stereocenters. The van der Waals surface area contributed by atoms with Gasteiger partial charge < -0.3 is 9.47 Å². The molecule has 0 bridgehead atoms. The predicted octanol–water partition coefficient (Wildman–Crippen LogP) is 1.28. The Kier molecular flexibility index (Phi) is 3.77. The number of aryl methyl sites for hydroxylation is 1. The number of anilines is 1. The van der Waals surface area contributed by atoms with Gasteiger partial charge in [-0.15, -0.1) is 0 Å². The van der Waals surface area contributed by atoms with Gasteiger partial charge in [0.1, 0.15) is 0 Å². The van der Waals surface area contributed by atoms with Crippen LogP contribution in [-0.2, 0) is 17.3 Å². The Bertz CT molecular complexity index is 920. The second-order valence-corrected chi connectivity index (χ2v) is 9.74. The third kappa shape index (κ3) is 2.46. The largest absolute Gasteiger partial charge is 0.342 e. The lowest BCUT2D eigenvalue weighted by Crippen LogP contribution is -2.42. The van der Waals surface area contributed by atoms with Gasteiger partial charge in [-0.3, -0.25) is 0 Å². The zero-order valence-electron chi connectivity index (χ0n) is 15.1. The fourth-order valence-electron chi connectivity index (χ4n) is 4.80. The molecular weight excluding hydrogens is 350 g/mol. The molecule has 7 nitrogen and oxygen atoms in total. The molecule has 140 valence electrons. The van der Waals surface area contributed by atoms with E-state index >= 15 is 0 Å². The van der Waals surface area contributed by atoms with Crippen LogP contribution in [0.5, 0.6) is 0 Å². The number of hydrogen-bond donors (Lipinski definition) is 0. The molecule has 3 aliphatic heterocycles. The standard InChI is InChI=1S/C18H25N5O2S/c1-20-17-7-3-2-6-16(17)19-18(20)21-10-14-12-23(13-15(14)11-21)26(24,25)22-8-4-5-9-22/h2-3,6-7,14-15H,4-5,8-13H2,1H3. The van der Waals surface area contributed by atoms with Gasteiger partial charge in [-0.25, -0.2) is 4.98 Å². The Morgan fingerprint density at radius 1 is 0.962 bits per heavy atom. The van der Waals surface area contributed by atoms with Crippen LogP contribution in [0.3, 0.4) is 0 Å². The maximum atomic E-state index is 12.8. The second-order valence-electron chi connectivity index (χ2n) is 7.82. The highest BCUT2D eigenvalue weighted by Crippen LogP contribution is 2.36. The van der Waals surface area contributed by atoms with Crippen LogP contribution in [-0.4, -0.2) is 65.8 Å². The lowest BCUT2D eigenvalue weighted by molar-refractivity contribution is 0.385. The van der Waals surface area contributed by atoms with Crippen molar-refractivity contribution in [3.8, 4) is 0 Å². The maximum Gasteiger partial charge on any atom is 0.281 e. The fraction of sp³-hybridized carbons (Fsp3) is 0.611. The van der Waals surface area contributed by atoms with E-state index < -0.39 is 10.2 Å². The Balaban J connectivity index is 1.33. The Morgan fingerprint density at radius 3 is 2.27 bits per heavy atom. The molecule has 8 heteroatoms. The van der Waals surface area contributed by atoms with Gasteiger partial charge in [0.25, 0.3) is 10.2 Å². The van der Waals surface area contributed by atoms with Gasteiger partial charge in [-0.2, -0.15) is 17.0 Å². The highest BCUT2D eigenvalue weighted by Gasteiger charge is 2.46.